The lowest BCUT2D eigenvalue weighted by Gasteiger charge is -2.43. The molecule has 2 nitrogen and oxygen atoms in total. The average molecular weight is 213 g/mol. The van der Waals surface area contributed by atoms with Crippen molar-refractivity contribution in [2.24, 2.45) is 11.8 Å². The summed E-state index contributed by atoms with van der Waals surface area (Å²) in [4.78, 5) is 2.55. The smallest absolute Gasteiger partial charge is 0.0729 e. The van der Waals surface area contributed by atoms with Gasteiger partial charge in [-0.05, 0) is 25.7 Å². The predicted molar refractivity (Wildman–Crippen MR) is 65.0 cm³/mol. The molecule has 90 valence electrons. The number of hydrogen-bond acceptors (Lipinski definition) is 2. The van der Waals surface area contributed by atoms with Gasteiger partial charge in [-0.25, -0.2) is 0 Å². The monoisotopic (exact) mass is 213 g/mol. The van der Waals surface area contributed by atoms with E-state index in [1.54, 1.807) is 0 Å². The van der Waals surface area contributed by atoms with Crippen molar-refractivity contribution in [3.63, 3.8) is 0 Å². The molecule has 0 aromatic carbocycles. The minimum Gasteiger partial charge on any atom is -0.372 e. The first-order chi connectivity index (χ1) is 6.91. The predicted octanol–water partition coefficient (Wildman–Crippen LogP) is 2.78. The van der Waals surface area contributed by atoms with Crippen LogP contribution in [0.5, 0.6) is 0 Å². The quantitative estimate of drug-likeness (QED) is 0.715. The molecule has 0 aromatic heterocycles. The molecule has 1 heterocycles. The van der Waals surface area contributed by atoms with Gasteiger partial charge in [0.2, 0.25) is 0 Å². The molecule has 2 heteroatoms. The molecule has 1 aliphatic heterocycles. The van der Waals surface area contributed by atoms with Gasteiger partial charge in [0.1, 0.15) is 0 Å². The molecule has 1 fully saturated rings. The van der Waals surface area contributed by atoms with Crippen LogP contribution >= 0.6 is 0 Å². The topological polar surface area (TPSA) is 12.5 Å². The summed E-state index contributed by atoms with van der Waals surface area (Å²) in [5.41, 5.74) is 0. The van der Waals surface area contributed by atoms with E-state index in [1.165, 1.54) is 0 Å². The van der Waals surface area contributed by atoms with Crippen LogP contribution in [-0.2, 0) is 4.74 Å². The maximum Gasteiger partial charge on any atom is 0.0729 e. The lowest BCUT2D eigenvalue weighted by atomic mass is 9.99. The fourth-order valence-electron chi connectivity index (χ4n) is 2.00. The molecule has 0 spiro atoms. The molecule has 2 atom stereocenters. The Balaban J connectivity index is 2.64. The molecule has 0 saturated carbocycles. The minimum atomic E-state index is 0.411. The van der Waals surface area contributed by atoms with Crippen molar-refractivity contribution in [3.05, 3.63) is 0 Å². The normalized spacial score (nSPS) is 29.4. The highest BCUT2D eigenvalue weighted by Gasteiger charge is 2.31. The van der Waals surface area contributed by atoms with E-state index in [9.17, 15) is 0 Å². The third-order valence-corrected chi connectivity index (χ3v) is 3.40. The SMILES string of the molecule is CC(C)C1CN(C(C)C)CC(C(C)C)O1. The lowest BCUT2D eigenvalue weighted by molar-refractivity contribution is -0.125. The summed E-state index contributed by atoms with van der Waals surface area (Å²) in [6, 6.07) is 0.636. The van der Waals surface area contributed by atoms with Crippen molar-refractivity contribution in [3.8, 4) is 0 Å². The molecule has 0 amide bonds. The zero-order valence-electron chi connectivity index (χ0n) is 11.2. The van der Waals surface area contributed by atoms with Crippen LogP contribution in [0.3, 0.4) is 0 Å². The Morgan fingerprint density at radius 3 is 1.53 bits per heavy atom. The van der Waals surface area contributed by atoms with Crippen molar-refractivity contribution in [2.75, 3.05) is 13.1 Å². The van der Waals surface area contributed by atoms with E-state index in [0.29, 0.717) is 30.1 Å². The van der Waals surface area contributed by atoms with E-state index in [-0.39, 0.29) is 0 Å². The summed E-state index contributed by atoms with van der Waals surface area (Å²) in [5.74, 6) is 1.24. The van der Waals surface area contributed by atoms with Crippen LogP contribution in [0.15, 0.2) is 0 Å². The molecule has 0 aromatic rings. The molecule has 1 saturated heterocycles. The van der Waals surface area contributed by atoms with Crippen LogP contribution < -0.4 is 0 Å². The molecule has 2 unspecified atom stereocenters. The largest absolute Gasteiger partial charge is 0.372 e. The maximum atomic E-state index is 6.15. The number of hydrogen-bond donors (Lipinski definition) is 0. The Morgan fingerprint density at radius 2 is 1.27 bits per heavy atom. The third-order valence-electron chi connectivity index (χ3n) is 3.40. The van der Waals surface area contributed by atoms with Gasteiger partial charge in [-0.2, -0.15) is 0 Å². The van der Waals surface area contributed by atoms with Crippen molar-refractivity contribution in [1.29, 1.82) is 0 Å². The zero-order chi connectivity index (χ0) is 11.6. The second-order valence-electron chi connectivity index (χ2n) is 5.75. The molecule has 0 radical (unpaired) electrons. The first-order valence-electron chi connectivity index (χ1n) is 6.31. The lowest BCUT2D eigenvalue weighted by Crippen LogP contribution is -2.53. The third kappa shape index (κ3) is 3.46. The Bertz CT molecular complexity index is 150. The first kappa shape index (κ1) is 13.0. The second-order valence-corrected chi connectivity index (χ2v) is 5.75. The van der Waals surface area contributed by atoms with Crippen molar-refractivity contribution >= 4 is 0 Å². The molecule has 0 N–H and O–H groups in total. The van der Waals surface area contributed by atoms with Gasteiger partial charge in [-0.3, -0.25) is 4.90 Å². The number of ether oxygens (including phenoxy) is 1. The van der Waals surface area contributed by atoms with E-state index >= 15 is 0 Å². The van der Waals surface area contributed by atoms with Crippen LogP contribution in [0.4, 0.5) is 0 Å². The van der Waals surface area contributed by atoms with E-state index in [2.05, 4.69) is 46.4 Å². The van der Waals surface area contributed by atoms with E-state index in [4.69, 9.17) is 4.74 Å². The van der Waals surface area contributed by atoms with Crippen molar-refractivity contribution in [1.82, 2.24) is 4.90 Å². The second kappa shape index (κ2) is 5.31. The van der Waals surface area contributed by atoms with Crippen molar-refractivity contribution < 1.29 is 4.74 Å². The van der Waals surface area contributed by atoms with Gasteiger partial charge in [0.05, 0.1) is 12.2 Å². The van der Waals surface area contributed by atoms with E-state index < -0.39 is 0 Å². The number of morpholine rings is 1. The Hall–Kier alpha value is -0.0800. The summed E-state index contributed by atoms with van der Waals surface area (Å²) >= 11 is 0. The van der Waals surface area contributed by atoms with Crippen LogP contribution in [-0.4, -0.2) is 36.2 Å². The first-order valence-corrected chi connectivity index (χ1v) is 6.31. The van der Waals surface area contributed by atoms with Crippen LogP contribution in [0.1, 0.15) is 41.5 Å². The highest BCUT2D eigenvalue weighted by Crippen LogP contribution is 2.23. The Kier molecular flexibility index (Phi) is 4.60. The van der Waals surface area contributed by atoms with Gasteiger partial charge < -0.3 is 4.74 Å². The van der Waals surface area contributed by atoms with Gasteiger partial charge in [-0.15, -0.1) is 0 Å². The van der Waals surface area contributed by atoms with E-state index in [1.807, 2.05) is 0 Å². The van der Waals surface area contributed by atoms with Gasteiger partial charge >= 0.3 is 0 Å². The van der Waals surface area contributed by atoms with Crippen LogP contribution in [0.25, 0.3) is 0 Å². The maximum absolute atomic E-state index is 6.15. The summed E-state index contributed by atoms with van der Waals surface area (Å²) in [6.45, 7) is 15.8. The molecule has 0 aliphatic carbocycles. The summed E-state index contributed by atoms with van der Waals surface area (Å²) in [5, 5.41) is 0. The Morgan fingerprint density at radius 1 is 0.867 bits per heavy atom. The molecular weight excluding hydrogens is 186 g/mol. The fourth-order valence-corrected chi connectivity index (χ4v) is 2.00. The fraction of sp³-hybridized carbons (Fsp3) is 1.00. The molecular formula is C13H27NO. The van der Waals surface area contributed by atoms with Crippen LogP contribution in [0, 0.1) is 11.8 Å². The zero-order valence-corrected chi connectivity index (χ0v) is 11.2. The number of nitrogens with zero attached hydrogens (tertiary/aromatic N) is 1. The number of rotatable bonds is 3. The minimum absolute atomic E-state index is 0.411. The molecule has 1 rings (SSSR count). The van der Waals surface area contributed by atoms with E-state index in [0.717, 1.165) is 13.1 Å². The molecule has 0 bridgehead atoms. The van der Waals surface area contributed by atoms with Crippen LogP contribution in [0.2, 0.25) is 0 Å². The highest BCUT2D eigenvalue weighted by atomic mass is 16.5. The van der Waals surface area contributed by atoms with Gasteiger partial charge in [0.15, 0.2) is 0 Å². The van der Waals surface area contributed by atoms with Gasteiger partial charge in [-0.1, -0.05) is 27.7 Å². The van der Waals surface area contributed by atoms with Gasteiger partial charge in [0, 0.05) is 19.1 Å². The Labute approximate surface area is 95.0 Å². The molecule has 1 aliphatic rings. The summed E-state index contributed by atoms with van der Waals surface area (Å²) in [7, 11) is 0. The summed E-state index contributed by atoms with van der Waals surface area (Å²) < 4.78 is 6.15. The average Bonchev–Trinajstić information content (AvgIpc) is 2.16. The molecule has 15 heavy (non-hydrogen) atoms. The standard InChI is InChI=1S/C13H27NO/c1-9(2)12-7-14(11(5)6)8-13(15-12)10(3)4/h9-13H,7-8H2,1-6H3. The van der Waals surface area contributed by atoms with Crippen molar-refractivity contribution in [2.45, 2.75) is 59.8 Å². The summed E-state index contributed by atoms with van der Waals surface area (Å²) in [6.07, 6.45) is 0.821. The highest BCUT2D eigenvalue weighted by molar-refractivity contribution is 4.82. The van der Waals surface area contributed by atoms with Gasteiger partial charge in [0.25, 0.3) is 0 Å².